The molecule has 0 radical (unpaired) electrons. The van der Waals surface area contributed by atoms with Crippen LogP contribution in [0.1, 0.15) is 22.3 Å². The number of carbonyl (C=O) groups excluding carboxylic acids is 1. The number of aromatic nitrogens is 3. The molecule has 1 N–H and O–H groups in total. The molecule has 1 atom stereocenters. The summed E-state index contributed by atoms with van der Waals surface area (Å²) in [5.41, 5.74) is 2.97. The average molecular weight is 470 g/mol. The van der Waals surface area contributed by atoms with Gasteiger partial charge in [0.2, 0.25) is 10.0 Å². The summed E-state index contributed by atoms with van der Waals surface area (Å²) in [6.45, 7) is 5.14. The first kappa shape index (κ1) is 22.8. The predicted octanol–water partition coefficient (Wildman–Crippen LogP) is 2.66. The Kier molecular flexibility index (Phi) is 6.66. The van der Waals surface area contributed by atoms with E-state index in [-0.39, 0.29) is 24.2 Å². The van der Waals surface area contributed by atoms with Crippen molar-refractivity contribution in [2.45, 2.75) is 13.0 Å². The first-order valence-electron chi connectivity index (χ1n) is 10.5. The number of halogens is 1. The maximum absolute atomic E-state index is 13.1. The van der Waals surface area contributed by atoms with Gasteiger partial charge < -0.3 is 4.90 Å². The molecule has 1 fully saturated rings. The van der Waals surface area contributed by atoms with E-state index < -0.39 is 10.0 Å². The minimum atomic E-state index is -3.46. The number of hydrogen-bond acceptors (Lipinski definition) is 5. The van der Waals surface area contributed by atoms with E-state index in [9.17, 15) is 17.6 Å². The molecule has 172 valence electrons. The number of nitrogens with zero attached hydrogens (tertiary/aromatic N) is 4. The summed E-state index contributed by atoms with van der Waals surface area (Å²) in [7, 11) is -3.46. The summed E-state index contributed by atoms with van der Waals surface area (Å²) < 4.78 is 40.3. The van der Waals surface area contributed by atoms with Gasteiger partial charge in [-0.3, -0.25) is 4.79 Å². The lowest BCUT2D eigenvalue weighted by Crippen LogP contribution is -2.32. The van der Waals surface area contributed by atoms with Gasteiger partial charge in [0, 0.05) is 36.2 Å². The Hall–Kier alpha value is -3.37. The second-order valence-corrected chi connectivity index (χ2v) is 9.68. The van der Waals surface area contributed by atoms with Gasteiger partial charge in [0.15, 0.2) is 0 Å². The molecule has 2 heterocycles. The van der Waals surface area contributed by atoms with Gasteiger partial charge in [-0.15, -0.1) is 5.10 Å². The molecule has 33 heavy (non-hydrogen) atoms. The predicted molar refractivity (Wildman–Crippen MR) is 122 cm³/mol. The van der Waals surface area contributed by atoms with Crippen molar-refractivity contribution >= 4 is 15.9 Å². The van der Waals surface area contributed by atoms with Gasteiger partial charge in [0.1, 0.15) is 11.5 Å². The lowest BCUT2D eigenvalue weighted by atomic mass is 10.1. The van der Waals surface area contributed by atoms with E-state index in [1.165, 1.54) is 12.1 Å². The highest BCUT2D eigenvalue weighted by molar-refractivity contribution is 7.92. The maximum Gasteiger partial charge on any atom is 0.253 e. The highest BCUT2D eigenvalue weighted by Crippen LogP contribution is 2.20. The van der Waals surface area contributed by atoms with Gasteiger partial charge >= 0.3 is 0 Å². The monoisotopic (exact) mass is 469 g/mol. The van der Waals surface area contributed by atoms with Gasteiger partial charge in [0.25, 0.3) is 5.91 Å². The summed E-state index contributed by atoms with van der Waals surface area (Å²) in [6.07, 6.45) is 2.53. The molecule has 1 amide bonds. The molecule has 1 unspecified atom stereocenters. The third-order valence-electron chi connectivity index (χ3n) is 5.59. The number of hydrogen-bond donors (Lipinski definition) is 1. The summed E-state index contributed by atoms with van der Waals surface area (Å²) in [5, 5.41) is 9.14. The summed E-state index contributed by atoms with van der Waals surface area (Å²) in [4.78, 5) is 14.6. The minimum absolute atomic E-state index is 0.0741. The number of carbonyl (C=O) groups is 1. The van der Waals surface area contributed by atoms with Gasteiger partial charge in [-0.05, 0) is 54.3 Å². The molecule has 4 rings (SSSR count). The Morgan fingerprint density at radius 2 is 1.91 bits per heavy atom. The van der Waals surface area contributed by atoms with Crippen LogP contribution in [-0.4, -0.2) is 53.9 Å². The molecule has 1 aliphatic rings. The third-order valence-corrected chi connectivity index (χ3v) is 6.60. The van der Waals surface area contributed by atoms with Crippen LogP contribution in [0.15, 0.2) is 66.7 Å². The highest BCUT2D eigenvalue weighted by Gasteiger charge is 2.27. The molecular formula is C23H24FN5O3S. The fraction of sp³-hybridized carbons (Fsp3) is 0.261. The molecule has 0 bridgehead atoms. The number of nitrogens with one attached hydrogen (secondary N) is 1. The Morgan fingerprint density at radius 3 is 2.61 bits per heavy atom. The van der Waals surface area contributed by atoms with Crippen molar-refractivity contribution in [1.82, 2.24) is 24.6 Å². The zero-order valence-corrected chi connectivity index (χ0v) is 18.7. The quantitative estimate of drug-likeness (QED) is 0.547. The van der Waals surface area contributed by atoms with Crippen molar-refractivity contribution < 1.29 is 17.6 Å². The van der Waals surface area contributed by atoms with Crippen LogP contribution in [-0.2, 0) is 16.6 Å². The summed E-state index contributed by atoms with van der Waals surface area (Å²) in [5.74, 6) is -0.303. The largest absolute Gasteiger partial charge is 0.338 e. The Bertz CT molecular complexity index is 1240. The first-order chi connectivity index (χ1) is 15.8. The van der Waals surface area contributed by atoms with Crippen LogP contribution >= 0.6 is 0 Å². The van der Waals surface area contributed by atoms with Gasteiger partial charge in [-0.1, -0.05) is 23.9 Å². The summed E-state index contributed by atoms with van der Waals surface area (Å²) in [6, 6.07) is 13.4. The third kappa shape index (κ3) is 5.71. The highest BCUT2D eigenvalue weighted by atomic mass is 32.2. The normalized spacial score (nSPS) is 16.2. The van der Waals surface area contributed by atoms with Crippen molar-refractivity contribution in [2.75, 3.05) is 19.6 Å². The zero-order chi connectivity index (χ0) is 23.4. The molecule has 3 aromatic rings. The van der Waals surface area contributed by atoms with Gasteiger partial charge in [0.05, 0.1) is 12.7 Å². The van der Waals surface area contributed by atoms with E-state index >= 15 is 0 Å². The van der Waals surface area contributed by atoms with E-state index in [0.717, 1.165) is 23.0 Å². The maximum atomic E-state index is 13.1. The van der Waals surface area contributed by atoms with Crippen LogP contribution in [0.5, 0.6) is 0 Å². The van der Waals surface area contributed by atoms with Crippen molar-refractivity contribution in [1.29, 1.82) is 0 Å². The second-order valence-electron chi connectivity index (χ2n) is 7.97. The van der Waals surface area contributed by atoms with Crippen molar-refractivity contribution in [2.24, 2.45) is 5.92 Å². The number of benzene rings is 2. The lowest BCUT2D eigenvalue weighted by molar-refractivity contribution is 0.0787. The van der Waals surface area contributed by atoms with Crippen LogP contribution in [0.3, 0.4) is 0 Å². The van der Waals surface area contributed by atoms with E-state index in [4.69, 9.17) is 0 Å². The first-order valence-corrected chi connectivity index (χ1v) is 12.0. The number of sulfonamides is 1. The SMILES string of the molecule is C=CS(=O)(=O)NCC1CCN(C(=O)c2ccc(Cn3cc(-c4ccc(F)cc4)nn3)cc2)C1. The molecule has 2 aromatic carbocycles. The van der Waals surface area contributed by atoms with Crippen LogP contribution < -0.4 is 4.72 Å². The van der Waals surface area contributed by atoms with Gasteiger partial charge in [-0.25, -0.2) is 22.2 Å². The molecule has 10 heteroatoms. The standard InChI is InChI=1S/C23H24FN5O3S/c1-2-33(31,32)25-13-18-11-12-28(14-18)23(30)20-5-3-17(4-6-20)15-29-16-22(26-27-29)19-7-9-21(24)10-8-19/h2-10,16,18,25H,1,11-15H2. The molecular weight excluding hydrogens is 445 g/mol. The van der Waals surface area contributed by atoms with Crippen molar-refractivity contribution in [3.63, 3.8) is 0 Å². The molecule has 0 saturated carbocycles. The smallest absolute Gasteiger partial charge is 0.253 e. The molecule has 0 aliphatic carbocycles. The molecule has 1 aliphatic heterocycles. The van der Waals surface area contributed by atoms with E-state index in [2.05, 4.69) is 21.6 Å². The second kappa shape index (κ2) is 9.63. The zero-order valence-electron chi connectivity index (χ0n) is 17.9. The fourth-order valence-corrected chi connectivity index (χ4v) is 4.31. The Morgan fingerprint density at radius 1 is 1.18 bits per heavy atom. The number of likely N-dealkylation sites (tertiary alicyclic amines) is 1. The Labute approximate surface area is 191 Å². The van der Waals surface area contributed by atoms with E-state index in [1.807, 2.05) is 12.1 Å². The van der Waals surface area contributed by atoms with Gasteiger partial charge in [-0.2, -0.15) is 0 Å². The van der Waals surface area contributed by atoms with Crippen LogP contribution in [0.25, 0.3) is 11.3 Å². The van der Waals surface area contributed by atoms with Crippen LogP contribution in [0.4, 0.5) is 4.39 Å². The van der Waals surface area contributed by atoms with Crippen molar-refractivity contribution in [3.05, 3.63) is 83.7 Å². The fourth-order valence-electron chi connectivity index (χ4n) is 3.73. The minimum Gasteiger partial charge on any atom is -0.338 e. The topological polar surface area (TPSA) is 97.2 Å². The number of rotatable bonds is 8. The van der Waals surface area contributed by atoms with E-state index in [0.29, 0.717) is 30.9 Å². The lowest BCUT2D eigenvalue weighted by Gasteiger charge is -2.17. The molecule has 0 spiro atoms. The molecule has 1 saturated heterocycles. The Balaban J connectivity index is 1.33. The summed E-state index contributed by atoms with van der Waals surface area (Å²) >= 11 is 0. The van der Waals surface area contributed by atoms with Crippen molar-refractivity contribution in [3.8, 4) is 11.3 Å². The molecule has 8 nitrogen and oxygen atoms in total. The number of amides is 1. The average Bonchev–Trinajstić information content (AvgIpc) is 3.48. The molecule has 1 aromatic heterocycles. The van der Waals surface area contributed by atoms with Crippen LogP contribution in [0, 0.1) is 11.7 Å². The van der Waals surface area contributed by atoms with E-state index in [1.54, 1.807) is 40.0 Å². The van der Waals surface area contributed by atoms with Crippen LogP contribution in [0.2, 0.25) is 0 Å².